The fourth-order valence-electron chi connectivity index (χ4n) is 1.71. The highest BCUT2D eigenvalue weighted by Gasteiger charge is 2.12. The van der Waals surface area contributed by atoms with E-state index in [1.54, 1.807) is 31.4 Å². The van der Waals surface area contributed by atoms with Crippen LogP contribution in [0.3, 0.4) is 0 Å². The van der Waals surface area contributed by atoms with Gasteiger partial charge in [-0.05, 0) is 26.1 Å². The van der Waals surface area contributed by atoms with E-state index in [-0.39, 0.29) is 11.7 Å². The van der Waals surface area contributed by atoms with Gasteiger partial charge in [-0.3, -0.25) is 9.69 Å². The van der Waals surface area contributed by atoms with Crippen LogP contribution in [0.2, 0.25) is 0 Å². The molecule has 1 aromatic carbocycles. The molecule has 1 atom stereocenters. The zero-order valence-electron chi connectivity index (χ0n) is 11.0. The molecule has 0 spiro atoms. The van der Waals surface area contributed by atoms with Crippen LogP contribution in [0.5, 0.6) is 5.75 Å². The number of nitriles is 1. The minimum Gasteiger partial charge on any atom is -0.497 e. The summed E-state index contributed by atoms with van der Waals surface area (Å²) >= 11 is 0. The van der Waals surface area contributed by atoms with Crippen molar-refractivity contribution in [1.82, 2.24) is 4.90 Å². The van der Waals surface area contributed by atoms with Crippen molar-refractivity contribution in [1.29, 1.82) is 5.26 Å². The Morgan fingerprint density at radius 1 is 1.56 bits per heavy atom. The molecule has 0 N–H and O–H groups in total. The lowest BCUT2D eigenvalue weighted by atomic mass is 10.1. The normalized spacial score (nSPS) is 11.9. The number of nitrogens with zero attached hydrogens (tertiary/aromatic N) is 2. The first-order valence-electron chi connectivity index (χ1n) is 5.82. The Hall–Kier alpha value is -1.86. The second-order valence-electron chi connectivity index (χ2n) is 4.38. The summed E-state index contributed by atoms with van der Waals surface area (Å²) in [4.78, 5) is 13.9. The number of carbonyl (C=O) groups is 1. The zero-order chi connectivity index (χ0) is 13.5. The maximum atomic E-state index is 12.0. The summed E-state index contributed by atoms with van der Waals surface area (Å²) in [6.07, 6.45) is 0. The first-order chi connectivity index (χ1) is 8.56. The van der Waals surface area contributed by atoms with Crippen LogP contribution in [-0.2, 0) is 0 Å². The lowest BCUT2D eigenvalue weighted by Gasteiger charge is -2.16. The fraction of sp³-hybridized carbons (Fsp3) is 0.429. The van der Waals surface area contributed by atoms with Crippen molar-refractivity contribution in [2.75, 3.05) is 27.2 Å². The van der Waals surface area contributed by atoms with Gasteiger partial charge in [0.2, 0.25) is 0 Å². The molecule has 0 bridgehead atoms. The summed E-state index contributed by atoms with van der Waals surface area (Å²) in [7, 11) is 3.41. The molecule has 0 aliphatic carbocycles. The first-order valence-corrected chi connectivity index (χ1v) is 5.82. The Kier molecular flexibility index (Phi) is 5.34. The number of hydrogen-bond acceptors (Lipinski definition) is 4. The molecule has 1 rings (SSSR count). The van der Waals surface area contributed by atoms with Gasteiger partial charge in [-0.2, -0.15) is 5.26 Å². The van der Waals surface area contributed by atoms with Crippen molar-refractivity contribution in [2.24, 2.45) is 5.92 Å². The Bertz CT molecular complexity index is 451. The van der Waals surface area contributed by atoms with Gasteiger partial charge in [-0.15, -0.1) is 0 Å². The maximum Gasteiger partial charge on any atom is 0.176 e. The molecule has 4 nitrogen and oxygen atoms in total. The second-order valence-corrected chi connectivity index (χ2v) is 4.38. The lowest BCUT2D eigenvalue weighted by Crippen LogP contribution is -2.29. The van der Waals surface area contributed by atoms with Crippen LogP contribution in [0.1, 0.15) is 17.3 Å². The third-order valence-electron chi connectivity index (χ3n) is 2.61. The number of rotatable bonds is 6. The van der Waals surface area contributed by atoms with E-state index in [2.05, 4.69) is 6.07 Å². The van der Waals surface area contributed by atoms with Crippen molar-refractivity contribution in [2.45, 2.75) is 6.92 Å². The second kappa shape index (κ2) is 6.77. The summed E-state index contributed by atoms with van der Waals surface area (Å²) in [5.74, 6) is 0.628. The van der Waals surface area contributed by atoms with E-state index in [0.717, 1.165) is 0 Å². The van der Waals surface area contributed by atoms with Crippen LogP contribution >= 0.6 is 0 Å². The smallest absolute Gasteiger partial charge is 0.176 e. The lowest BCUT2D eigenvalue weighted by molar-refractivity contribution is 0.0942. The van der Waals surface area contributed by atoms with E-state index < -0.39 is 0 Å². The predicted molar refractivity (Wildman–Crippen MR) is 69.6 cm³/mol. The molecule has 0 saturated heterocycles. The number of ketones is 1. The Morgan fingerprint density at radius 2 is 2.28 bits per heavy atom. The molecule has 0 aliphatic heterocycles. The number of methoxy groups -OCH3 is 1. The molecule has 0 aromatic heterocycles. The minimum absolute atomic E-state index is 0.0292. The van der Waals surface area contributed by atoms with Gasteiger partial charge in [0.25, 0.3) is 0 Å². The van der Waals surface area contributed by atoms with Crippen molar-refractivity contribution >= 4 is 5.78 Å². The molecular formula is C14H18N2O2. The summed E-state index contributed by atoms with van der Waals surface area (Å²) in [5.41, 5.74) is 0.630. The maximum absolute atomic E-state index is 12.0. The molecular weight excluding hydrogens is 228 g/mol. The molecule has 0 amide bonds. The molecule has 0 radical (unpaired) electrons. The van der Waals surface area contributed by atoms with Crippen molar-refractivity contribution in [3.8, 4) is 11.8 Å². The molecule has 0 heterocycles. The fourth-order valence-corrected chi connectivity index (χ4v) is 1.71. The van der Waals surface area contributed by atoms with E-state index in [9.17, 15) is 4.79 Å². The van der Waals surface area contributed by atoms with Gasteiger partial charge in [-0.1, -0.05) is 12.1 Å². The average molecular weight is 246 g/mol. The molecule has 0 aliphatic rings. The standard InChI is InChI=1S/C14H18N2O2/c1-11(8-15)9-16(2)10-14(17)12-5-4-6-13(7-12)18-3/h4-7,11H,9-10H2,1-3H3. The number of ether oxygens (including phenoxy) is 1. The third kappa shape index (κ3) is 4.19. The van der Waals surface area contributed by atoms with Gasteiger partial charge in [0.15, 0.2) is 5.78 Å². The van der Waals surface area contributed by atoms with Gasteiger partial charge in [0, 0.05) is 12.1 Å². The molecule has 4 heteroatoms. The van der Waals surface area contributed by atoms with Crippen molar-refractivity contribution in [3.63, 3.8) is 0 Å². The predicted octanol–water partition coefficient (Wildman–Crippen LogP) is 1.97. The Labute approximate surface area is 108 Å². The number of Topliss-reactive ketones (excluding diaryl/α,β-unsaturated/α-hetero) is 1. The topological polar surface area (TPSA) is 53.3 Å². The van der Waals surface area contributed by atoms with Crippen LogP contribution in [0.4, 0.5) is 0 Å². The third-order valence-corrected chi connectivity index (χ3v) is 2.61. The summed E-state index contributed by atoms with van der Waals surface area (Å²) < 4.78 is 5.08. The summed E-state index contributed by atoms with van der Waals surface area (Å²) in [6, 6.07) is 9.25. The summed E-state index contributed by atoms with van der Waals surface area (Å²) in [6.45, 7) is 2.73. The number of carbonyl (C=O) groups excluding carboxylic acids is 1. The highest BCUT2D eigenvalue weighted by Crippen LogP contribution is 2.13. The zero-order valence-corrected chi connectivity index (χ0v) is 11.0. The largest absolute Gasteiger partial charge is 0.497 e. The van der Waals surface area contributed by atoms with Crippen LogP contribution in [-0.4, -0.2) is 37.9 Å². The van der Waals surface area contributed by atoms with E-state index in [1.165, 1.54) is 0 Å². The first kappa shape index (κ1) is 14.2. The molecule has 0 fully saturated rings. The Morgan fingerprint density at radius 3 is 2.89 bits per heavy atom. The van der Waals surface area contributed by atoms with Crippen LogP contribution in [0.15, 0.2) is 24.3 Å². The molecule has 18 heavy (non-hydrogen) atoms. The van der Waals surface area contributed by atoms with Gasteiger partial charge in [0.1, 0.15) is 5.75 Å². The van der Waals surface area contributed by atoms with Crippen LogP contribution in [0, 0.1) is 17.2 Å². The highest BCUT2D eigenvalue weighted by atomic mass is 16.5. The highest BCUT2D eigenvalue weighted by molar-refractivity contribution is 5.97. The molecule has 0 saturated carbocycles. The van der Waals surface area contributed by atoms with E-state index >= 15 is 0 Å². The van der Waals surface area contributed by atoms with Crippen molar-refractivity contribution in [3.05, 3.63) is 29.8 Å². The molecule has 96 valence electrons. The van der Waals surface area contributed by atoms with Gasteiger partial charge in [0.05, 0.1) is 25.6 Å². The van der Waals surface area contributed by atoms with E-state index in [4.69, 9.17) is 10.00 Å². The monoisotopic (exact) mass is 246 g/mol. The minimum atomic E-state index is -0.0758. The van der Waals surface area contributed by atoms with Crippen LogP contribution in [0.25, 0.3) is 0 Å². The number of likely N-dealkylation sites (N-methyl/N-ethyl adjacent to an activating group) is 1. The van der Waals surface area contributed by atoms with Crippen molar-refractivity contribution < 1.29 is 9.53 Å². The number of hydrogen-bond donors (Lipinski definition) is 0. The van der Waals surface area contributed by atoms with Gasteiger partial charge >= 0.3 is 0 Å². The average Bonchev–Trinajstić information content (AvgIpc) is 2.38. The SMILES string of the molecule is COc1cccc(C(=O)CN(C)CC(C)C#N)c1. The molecule has 1 aromatic rings. The van der Waals surface area contributed by atoms with Gasteiger partial charge < -0.3 is 4.74 Å². The number of benzene rings is 1. The van der Waals surface area contributed by atoms with E-state index in [1.807, 2.05) is 18.9 Å². The quantitative estimate of drug-likeness (QED) is 0.720. The van der Waals surface area contributed by atoms with E-state index in [0.29, 0.717) is 24.4 Å². The molecule has 1 unspecified atom stereocenters. The Balaban J connectivity index is 2.62. The summed E-state index contributed by atoms with van der Waals surface area (Å²) in [5, 5.41) is 8.72. The van der Waals surface area contributed by atoms with Gasteiger partial charge in [-0.25, -0.2) is 0 Å². The van der Waals surface area contributed by atoms with Crippen LogP contribution < -0.4 is 4.74 Å².